The fourth-order valence-corrected chi connectivity index (χ4v) is 1.89. The molecular formula is C16H20F3NO3. The molecule has 0 fully saturated rings. The van der Waals surface area contributed by atoms with Crippen molar-refractivity contribution in [2.75, 3.05) is 20.3 Å². The lowest BCUT2D eigenvalue weighted by molar-refractivity contribution is -0.137. The predicted molar refractivity (Wildman–Crippen MR) is 80.6 cm³/mol. The van der Waals surface area contributed by atoms with Gasteiger partial charge in [-0.3, -0.25) is 4.79 Å². The number of aliphatic hydroxyl groups excluding tert-OH is 1. The first-order valence-electron chi connectivity index (χ1n) is 7.04. The molecular weight excluding hydrogens is 311 g/mol. The third-order valence-corrected chi connectivity index (χ3v) is 3.15. The van der Waals surface area contributed by atoms with Gasteiger partial charge in [-0.05, 0) is 36.6 Å². The van der Waals surface area contributed by atoms with Crippen LogP contribution in [0.15, 0.2) is 30.3 Å². The molecule has 0 aliphatic rings. The second-order valence-corrected chi connectivity index (χ2v) is 5.09. The molecule has 0 spiro atoms. The Hall–Kier alpha value is -1.86. The SMILES string of the molecule is COCC(O)CCNC(=O)/C=C(/C)c1ccc(C(F)(F)F)cc1. The number of carbonyl (C=O) groups excluding carboxylic acids is 1. The Balaban J connectivity index is 2.57. The molecule has 1 aromatic rings. The molecule has 2 N–H and O–H groups in total. The fourth-order valence-electron chi connectivity index (χ4n) is 1.89. The number of allylic oxidation sites excluding steroid dienone is 1. The van der Waals surface area contributed by atoms with Crippen molar-refractivity contribution < 1.29 is 27.8 Å². The number of halogens is 3. The van der Waals surface area contributed by atoms with Crippen molar-refractivity contribution >= 4 is 11.5 Å². The van der Waals surface area contributed by atoms with E-state index in [1.807, 2.05) is 0 Å². The van der Waals surface area contributed by atoms with Crippen LogP contribution in [-0.2, 0) is 15.7 Å². The maximum absolute atomic E-state index is 12.5. The minimum Gasteiger partial charge on any atom is -0.391 e. The Kier molecular flexibility index (Phi) is 7.25. The number of aliphatic hydroxyl groups is 1. The van der Waals surface area contributed by atoms with E-state index in [-0.39, 0.29) is 19.1 Å². The van der Waals surface area contributed by atoms with Gasteiger partial charge in [-0.1, -0.05) is 12.1 Å². The van der Waals surface area contributed by atoms with Gasteiger partial charge in [0.05, 0.1) is 18.3 Å². The van der Waals surface area contributed by atoms with E-state index in [2.05, 4.69) is 5.32 Å². The summed E-state index contributed by atoms with van der Waals surface area (Å²) in [4.78, 5) is 11.7. The van der Waals surface area contributed by atoms with Crippen LogP contribution in [0.3, 0.4) is 0 Å². The van der Waals surface area contributed by atoms with Gasteiger partial charge in [0.2, 0.25) is 5.91 Å². The van der Waals surface area contributed by atoms with Crippen molar-refractivity contribution in [3.8, 4) is 0 Å². The Bertz CT molecular complexity index is 538. The molecule has 1 aromatic carbocycles. The van der Waals surface area contributed by atoms with Gasteiger partial charge in [-0.15, -0.1) is 0 Å². The van der Waals surface area contributed by atoms with E-state index in [9.17, 15) is 23.1 Å². The highest BCUT2D eigenvalue weighted by atomic mass is 19.4. The zero-order valence-electron chi connectivity index (χ0n) is 13.0. The highest BCUT2D eigenvalue weighted by Gasteiger charge is 2.29. The van der Waals surface area contributed by atoms with Crippen LogP contribution in [0.5, 0.6) is 0 Å². The quantitative estimate of drug-likeness (QED) is 0.755. The molecule has 0 heterocycles. The highest BCUT2D eigenvalue weighted by Crippen LogP contribution is 2.29. The van der Waals surface area contributed by atoms with Gasteiger partial charge in [0.25, 0.3) is 0 Å². The van der Waals surface area contributed by atoms with Crippen molar-refractivity contribution in [2.45, 2.75) is 25.6 Å². The predicted octanol–water partition coefficient (Wildman–Crippen LogP) is 2.62. The number of benzene rings is 1. The third-order valence-electron chi connectivity index (χ3n) is 3.15. The van der Waals surface area contributed by atoms with Crippen molar-refractivity contribution in [3.63, 3.8) is 0 Å². The topological polar surface area (TPSA) is 58.6 Å². The molecule has 0 aromatic heterocycles. The zero-order chi connectivity index (χ0) is 17.5. The number of nitrogens with one attached hydrogen (secondary N) is 1. The number of amides is 1. The number of methoxy groups -OCH3 is 1. The van der Waals surface area contributed by atoms with Crippen LogP contribution in [-0.4, -0.2) is 37.4 Å². The Morgan fingerprint density at radius 1 is 1.35 bits per heavy atom. The summed E-state index contributed by atoms with van der Waals surface area (Å²) >= 11 is 0. The molecule has 128 valence electrons. The van der Waals surface area contributed by atoms with Gasteiger partial charge in [0, 0.05) is 19.7 Å². The van der Waals surface area contributed by atoms with Crippen molar-refractivity contribution in [1.29, 1.82) is 0 Å². The average Bonchev–Trinajstić information content (AvgIpc) is 2.46. The smallest absolute Gasteiger partial charge is 0.391 e. The minimum absolute atomic E-state index is 0.191. The molecule has 1 unspecified atom stereocenters. The second-order valence-electron chi connectivity index (χ2n) is 5.09. The van der Waals surface area contributed by atoms with Gasteiger partial charge in [-0.25, -0.2) is 0 Å². The lowest BCUT2D eigenvalue weighted by Crippen LogP contribution is -2.27. The summed E-state index contributed by atoms with van der Waals surface area (Å²) in [5.41, 5.74) is 0.354. The number of ether oxygens (including phenoxy) is 1. The first kappa shape index (κ1) is 19.2. The van der Waals surface area contributed by atoms with Crippen molar-refractivity contribution in [3.05, 3.63) is 41.5 Å². The number of hydrogen-bond donors (Lipinski definition) is 2. The van der Waals surface area contributed by atoms with Crippen molar-refractivity contribution in [2.24, 2.45) is 0 Å². The first-order chi connectivity index (χ1) is 10.7. The summed E-state index contributed by atoms with van der Waals surface area (Å²) in [6, 6.07) is 4.60. The molecule has 0 radical (unpaired) electrons. The van der Waals surface area contributed by atoms with E-state index in [1.54, 1.807) is 6.92 Å². The number of carbonyl (C=O) groups is 1. The van der Waals surface area contributed by atoms with Gasteiger partial charge in [0.1, 0.15) is 0 Å². The van der Waals surface area contributed by atoms with Gasteiger partial charge in [0.15, 0.2) is 0 Å². The van der Waals surface area contributed by atoms with E-state index in [0.29, 0.717) is 17.6 Å². The van der Waals surface area contributed by atoms with Crippen LogP contribution in [0.4, 0.5) is 13.2 Å². The van der Waals surface area contributed by atoms with Crippen LogP contribution >= 0.6 is 0 Å². The van der Waals surface area contributed by atoms with Crippen LogP contribution in [0.1, 0.15) is 24.5 Å². The summed E-state index contributed by atoms with van der Waals surface area (Å²) in [6.45, 7) is 2.11. The highest BCUT2D eigenvalue weighted by molar-refractivity contribution is 5.94. The lowest BCUT2D eigenvalue weighted by atomic mass is 10.0. The van der Waals surface area contributed by atoms with E-state index in [0.717, 1.165) is 12.1 Å². The standard InChI is InChI=1S/C16H20F3NO3/c1-11(9-15(22)20-8-7-14(21)10-23-2)12-3-5-13(6-4-12)16(17,18)19/h3-6,9,14,21H,7-8,10H2,1-2H3,(H,20,22)/b11-9-. The largest absolute Gasteiger partial charge is 0.416 e. The third kappa shape index (κ3) is 6.83. The van der Waals surface area contributed by atoms with E-state index in [4.69, 9.17) is 4.74 Å². The molecule has 23 heavy (non-hydrogen) atoms. The minimum atomic E-state index is -4.38. The maximum Gasteiger partial charge on any atom is 0.416 e. The molecule has 1 atom stereocenters. The summed E-state index contributed by atoms with van der Waals surface area (Å²) in [5.74, 6) is -0.369. The van der Waals surface area contributed by atoms with Crippen LogP contribution in [0.25, 0.3) is 5.57 Å². The van der Waals surface area contributed by atoms with Crippen LogP contribution < -0.4 is 5.32 Å². The molecule has 0 aliphatic heterocycles. The second kappa shape index (κ2) is 8.69. The molecule has 0 aliphatic carbocycles. The number of rotatable bonds is 7. The number of hydrogen-bond acceptors (Lipinski definition) is 3. The zero-order valence-corrected chi connectivity index (χ0v) is 13.0. The monoisotopic (exact) mass is 331 g/mol. The summed E-state index contributed by atoms with van der Waals surface area (Å²) in [6.07, 6.45) is -3.37. The Morgan fingerprint density at radius 3 is 2.48 bits per heavy atom. The van der Waals surface area contributed by atoms with Crippen LogP contribution in [0.2, 0.25) is 0 Å². The Morgan fingerprint density at radius 2 is 1.96 bits per heavy atom. The summed E-state index contributed by atoms with van der Waals surface area (Å²) < 4.78 is 42.2. The van der Waals surface area contributed by atoms with E-state index in [1.165, 1.54) is 25.3 Å². The van der Waals surface area contributed by atoms with Gasteiger partial charge < -0.3 is 15.2 Å². The molecule has 4 nitrogen and oxygen atoms in total. The number of alkyl halides is 3. The molecule has 0 saturated heterocycles. The average molecular weight is 331 g/mol. The molecule has 1 amide bonds. The van der Waals surface area contributed by atoms with Gasteiger partial charge in [-0.2, -0.15) is 13.2 Å². The normalized spacial score (nSPS) is 13.7. The van der Waals surface area contributed by atoms with E-state index >= 15 is 0 Å². The molecule has 7 heteroatoms. The molecule has 0 saturated carbocycles. The van der Waals surface area contributed by atoms with Gasteiger partial charge >= 0.3 is 6.18 Å². The molecule has 1 rings (SSSR count). The summed E-state index contributed by atoms with van der Waals surface area (Å²) in [7, 11) is 1.47. The van der Waals surface area contributed by atoms with Crippen molar-refractivity contribution in [1.82, 2.24) is 5.32 Å². The summed E-state index contributed by atoms with van der Waals surface area (Å²) in [5, 5.41) is 12.0. The molecule has 0 bridgehead atoms. The van der Waals surface area contributed by atoms with E-state index < -0.39 is 17.8 Å². The fraction of sp³-hybridized carbons (Fsp3) is 0.438. The maximum atomic E-state index is 12.5. The Labute approximate surface area is 133 Å². The van der Waals surface area contributed by atoms with Crippen LogP contribution in [0, 0.1) is 0 Å². The first-order valence-corrected chi connectivity index (χ1v) is 7.04. The lowest BCUT2D eigenvalue weighted by Gasteiger charge is -2.10.